The number of carbonyl (C=O) groups excluding carboxylic acids is 2. The first kappa shape index (κ1) is 19.3. The molecule has 1 aromatic rings. The van der Waals surface area contributed by atoms with Gasteiger partial charge in [0.2, 0.25) is 11.8 Å². The first-order valence-corrected chi connectivity index (χ1v) is 9.28. The number of hydrogen-bond donors (Lipinski definition) is 0. The molecule has 1 aliphatic heterocycles. The van der Waals surface area contributed by atoms with Gasteiger partial charge in [-0.2, -0.15) is 0 Å². The molecule has 1 fully saturated rings. The fraction of sp³-hybridized carbons (Fsp3) is 0.600. The average molecular weight is 346 g/mol. The molecule has 1 unspecified atom stereocenters. The predicted octanol–water partition coefficient (Wildman–Crippen LogP) is 2.73. The van der Waals surface area contributed by atoms with E-state index in [0.717, 1.165) is 38.1 Å². The van der Waals surface area contributed by atoms with E-state index in [9.17, 15) is 9.59 Å². The quantitative estimate of drug-likeness (QED) is 0.691. The summed E-state index contributed by atoms with van der Waals surface area (Å²) in [5, 5.41) is 0. The SMILES string of the molecule is CCCN(CCC)C(=O)C1CC(=O)N(CCc2ccc(OC)cc2)C1. The van der Waals surface area contributed by atoms with Crippen LogP contribution in [-0.2, 0) is 16.0 Å². The Hall–Kier alpha value is -2.04. The molecule has 2 amide bonds. The van der Waals surface area contributed by atoms with Crippen LogP contribution in [0.5, 0.6) is 5.75 Å². The second-order valence-corrected chi connectivity index (χ2v) is 6.66. The summed E-state index contributed by atoms with van der Waals surface area (Å²) in [6.07, 6.45) is 3.05. The molecule has 138 valence electrons. The van der Waals surface area contributed by atoms with Gasteiger partial charge in [0, 0.05) is 32.6 Å². The van der Waals surface area contributed by atoms with Crippen LogP contribution in [0, 0.1) is 5.92 Å². The van der Waals surface area contributed by atoms with Crippen LogP contribution in [0.1, 0.15) is 38.7 Å². The summed E-state index contributed by atoms with van der Waals surface area (Å²) in [6.45, 7) is 6.94. The van der Waals surface area contributed by atoms with Crippen LogP contribution in [0.4, 0.5) is 0 Å². The van der Waals surface area contributed by atoms with E-state index in [1.165, 1.54) is 5.56 Å². The summed E-state index contributed by atoms with van der Waals surface area (Å²) in [7, 11) is 1.65. The van der Waals surface area contributed by atoms with Gasteiger partial charge in [0.15, 0.2) is 0 Å². The Kier molecular flexibility index (Phi) is 7.29. The zero-order valence-electron chi connectivity index (χ0n) is 15.7. The van der Waals surface area contributed by atoms with E-state index in [4.69, 9.17) is 4.74 Å². The highest BCUT2D eigenvalue weighted by Gasteiger charge is 2.35. The summed E-state index contributed by atoms with van der Waals surface area (Å²) >= 11 is 0. The van der Waals surface area contributed by atoms with Crippen molar-refractivity contribution >= 4 is 11.8 Å². The van der Waals surface area contributed by atoms with E-state index in [0.29, 0.717) is 19.5 Å². The Labute approximate surface area is 150 Å². The van der Waals surface area contributed by atoms with Gasteiger partial charge in [-0.05, 0) is 37.0 Å². The Morgan fingerprint density at radius 3 is 2.40 bits per heavy atom. The molecular weight excluding hydrogens is 316 g/mol. The van der Waals surface area contributed by atoms with Crippen molar-refractivity contribution in [2.45, 2.75) is 39.5 Å². The van der Waals surface area contributed by atoms with Crippen molar-refractivity contribution in [1.82, 2.24) is 9.80 Å². The van der Waals surface area contributed by atoms with Crippen molar-refractivity contribution in [3.05, 3.63) is 29.8 Å². The lowest BCUT2D eigenvalue weighted by Crippen LogP contribution is -2.38. The van der Waals surface area contributed by atoms with E-state index in [2.05, 4.69) is 13.8 Å². The van der Waals surface area contributed by atoms with Gasteiger partial charge < -0.3 is 14.5 Å². The van der Waals surface area contributed by atoms with Gasteiger partial charge in [0.1, 0.15) is 5.75 Å². The second kappa shape index (κ2) is 9.44. The van der Waals surface area contributed by atoms with Crippen molar-refractivity contribution in [3.63, 3.8) is 0 Å². The zero-order valence-corrected chi connectivity index (χ0v) is 15.7. The van der Waals surface area contributed by atoms with Crippen molar-refractivity contribution in [3.8, 4) is 5.75 Å². The number of methoxy groups -OCH3 is 1. The molecule has 0 spiro atoms. The Morgan fingerprint density at radius 2 is 1.84 bits per heavy atom. The molecule has 0 aromatic heterocycles. The maximum absolute atomic E-state index is 12.7. The molecule has 1 aromatic carbocycles. The Morgan fingerprint density at radius 1 is 1.20 bits per heavy atom. The van der Waals surface area contributed by atoms with Crippen LogP contribution in [0.15, 0.2) is 24.3 Å². The molecule has 5 nitrogen and oxygen atoms in total. The molecule has 0 bridgehead atoms. The van der Waals surface area contributed by atoms with Gasteiger partial charge in [0.25, 0.3) is 0 Å². The lowest BCUT2D eigenvalue weighted by Gasteiger charge is -2.24. The first-order chi connectivity index (χ1) is 12.1. The maximum atomic E-state index is 12.7. The van der Waals surface area contributed by atoms with Crippen molar-refractivity contribution < 1.29 is 14.3 Å². The van der Waals surface area contributed by atoms with Gasteiger partial charge >= 0.3 is 0 Å². The molecule has 25 heavy (non-hydrogen) atoms. The molecule has 5 heteroatoms. The fourth-order valence-corrected chi connectivity index (χ4v) is 3.34. The maximum Gasteiger partial charge on any atom is 0.227 e. The Bertz CT molecular complexity index is 565. The second-order valence-electron chi connectivity index (χ2n) is 6.66. The van der Waals surface area contributed by atoms with E-state index in [1.54, 1.807) is 7.11 Å². The minimum absolute atomic E-state index is 0.0970. The average Bonchev–Trinajstić information content (AvgIpc) is 3.00. The van der Waals surface area contributed by atoms with Crippen LogP contribution in [0.25, 0.3) is 0 Å². The zero-order chi connectivity index (χ0) is 18.2. The molecule has 0 radical (unpaired) electrons. The number of carbonyl (C=O) groups is 2. The van der Waals surface area contributed by atoms with Crippen molar-refractivity contribution in [1.29, 1.82) is 0 Å². The molecule has 0 N–H and O–H groups in total. The van der Waals surface area contributed by atoms with E-state index in [-0.39, 0.29) is 17.7 Å². The highest BCUT2D eigenvalue weighted by molar-refractivity contribution is 5.89. The number of hydrogen-bond acceptors (Lipinski definition) is 3. The number of ether oxygens (including phenoxy) is 1. The first-order valence-electron chi connectivity index (χ1n) is 9.28. The lowest BCUT2D eigenvalue weighted by atomic mass is 10.1. The Balaban J connectivity index is 1.89. The third-order valence-corrected chi connectivity index (χ3v) is 4.69. The molecule has 1 atom stereocenters. The topological polar surface area (TPSA) is 49.9 Å². The predicted molar refractivity (Wildman–Crippen MR) is 98.5 cm³/mol. The number of rotatable bonds is 9. The van der Waals surface area contributed by atoms with Crippen molar-refractivity contribution in [2.75, 3.05) is 33.3 Å². The third kappa shape index (κ3) is 5.21. The van der Waals surface area contributed by atoms with Gasteiger partial charge in [-0.25, -0.2) is 0 Å². The number of likely N-dealkylation sites (tertiary alicyclic amines) is 1. The molecule has 2 rings (SSSR count). The highest BCUT2D eigenvalue weighted by Crippen LogP contribution is 2.21. The summed E-state index contributed by atoms with van der Waals surface area (Å²) in [5.74, 6) is 0.892. The van der Waals surface area contributed by atoms with Gasteiger partial charge in [-0.1, -0.05) is 26.0 Å². The molecule has 0 saturated carbocycles. The molecule has 1 aliphatic rings. The smallest absolute Gasteiger partial charge is 0.227 e. The molecular formula is C20H30N2O3. The van der Waals surface area contributed by atoms with Crippen molar-refractivity contribution in [2.24, 2.45) is 5.92 Å². The minimum atomic E-state index is -0.179. The van der Waals surface area contributed by atoms with Gasteiger partial charge in [0.05, 0.1) is 13.0 Å². The summed E-state index contributed by atoms with van der Waals surface area (Å²) in [6, 6.07) is 7.90. The van der Waals surface area contributed by atoms with Gasteiger partial charge in [-0.15, -0.1) is 0 Å². The molecule has 1 heterocycles. The number of amides is 2. The number of nitrogens with zero attached hydrogens (tertiary/aromatic N) is 2. The normalized spacial score (nSPS) is 17.0. The van der Waals surface area contributed by atoms with Crippen LogP contribution in [0.2, 0.25) is 0 Å². The summed E-state index contributed by atoms with van der Waals surface area (Å²) in [5.41, 5.74) is 1.17. The van der Waals surface area contributed by atoms with Crippen LogP contribution < -0.4 is 4.74 Å². The van der Waals surface area contributed by atoms with Crippen LogP contribution in [-0.4, -0.2) is 54.9 Å². The molecule has 0 aliphatic carbocycles. The van der Waals surface area contributed by atoms with Crippen LogP contribution >= 0.6 is 0 Å². The lowest BCUT2D eigenvalue weighted by molar-refractivity contribution is -0.136. The minimum Gasteiger partial charge on any atom is -0.497 e. The van der Waals surface area contributed by atoms with E-state index in [1.807, 2.05) is 34.1 Å². The van der Waals surface area contributed by atoms with Crippen LogP contribution in [0.3, 0.4) is 0 Å². The molecule has 1 saturated heterocycles. The standard InChI is InChI=1S/C20H30N2O3/c1-4-11-21(12-5-2)20(24)17-14-19(23)22(15-17)13-10-16-6-8-18(25-3)9-7-16/h6-9,17H,4-5,10-15H2,1-3H3. The number of benzene rings is 1. The monoisotopic (exact) mass is 346 g/mol. The largest absolute Gasteiger partial charge is 0.497 e. The van der Waals surface area contributed by atoms with E-state index >= 15 is 0 Å². The third-order valence-electron chi connectivity index (χ3n) is 4.69. The summed E-state index contributed by atoms with van der Waals surface area (Å²) < 4.78 is 5.16. The summed E-state index contributed by atoms with van der Waals surface area (Å²) in [4.78, 5) is 28.7. The highest BCUT2D eigenvalue weighted by atomic mass is 16.5. The fourth-order valence-electron chi connectivity index (χ4n) is 3.34. The van der Waals surface area contributed by atoms with Gasteiger partial charge in [-0.3, -0.25) is 9.59 Å². The van der Waals surface area contributed by atoms with E-state index < -0.39 is 0 Å².